The molecular formula is C53H70N12O4. The first-order chi connectivity index (χ1) is 34.7. The van der Waals surface area contributed by atoms with Crippen LogP contribution in [0.25, 0.3) is 21.8 Å². The number of hydrogen-bond donors (Lipinski definition) is 2. The van der Waals surface area contributed by atoms with Crippen LogP contribution < -0.4 is 34.8 Å². The third-order valence-electron chi connectivity index (χ3n) is 13.8. The second-order valence-corrected chi connectivity index (χ2v) is 18.5. The van der Waals surface area contributed by atoms with E-state index < -0.39 is 6.85 Å². The minimum absolute atomic E-state index is 0. The summed E-state index contributed by atoms with van der Waals surface area (Å²) in [6.07, 6.45) is 15.0. The number of pyridine rings is 2. The number of piperazine rings is 1. The number of aromatic nitrogens is 6. The average molecular weight is 942 g/mol. The molecule has 2 aromatic carbocycles. The first-order valence-electron chi connectivity index (χ1n) is 26.1. The van der Waals surface area contributed by atoms with Crippen molar-refractivity contribution in [3.63, 3.8) is 0 Å². The van der Waals surface area contributed by atoms with Gasteiger partial charge in [0, 0.05) is 128 Å². The molecule has 69 heavy (non-hydrogen) atoms. The molecule has 3 saturated heterocycles. The van der Waals surface area contributed by atoms with Gasteiger partial charge in [-0.3, -0.25) is 9.97 Å². The molecular weight excluding hydrogens is 869 g/mol. The summed E-state index contributed by atoms with van der Waals surface area (Å²) in [5.41, 5.74) is 4.16. The summed E-state index contributed by atoms with van der Waals surface area (Å²) >= 11 is 0. The lowest BCUT2D eigenvalue weighted by Crippen LogP contribution is -2.45. The Morgan fingerprint density at radius 1 is 0.551 bits per heavy atom. The highest BCUT2D eigenvalue weighted by molar-refractivity contribution is 5.89. The van der Waals surface area contributed by atoms with Gasteiger partial charge in [-0.05, 0) is 102 Å². The van der Waals surface area contributed by atoms with Gasteiger partial charge in [0.1, 0.15) is 40.0 Å². The van der Waals surface area contributed by atoms with E-state index in [0.717, 1.165) is 181 Å². The molecule has 0 spiro atoms. The Bertz CT molecular complexity index is 2680. The number of rotatable bonds is 11. The lowest BCUT2D eigenvalue weighted by atomic mass is 9.93. The molecule has 16 heteroatoms. The van der Waals surface area contributed by atoms with Crippen LogP contribution in [0.4, 0.5) is 29.0 Å². The standard InChI is InChI=1S/C28H37N7O2.C24H29N5O2.CH4/c1-33-11-13-35(14-12-33)28-30-10-8-26(32-28)31-22-4-6-24(7-5-22)37-25-20-23(34-15-17-36-18-16-34)19-21-3-2-9-29-27(21)25;1-17-25-10-8-23(27-17)28-19-4-6-21(7-5-19)31-22-16-20(29-11-13-30-14-12-29)15-18-3-2-9-26-24(18)22;/h2-3,8-10,19-20,22,24H,4-7,11-18H2,1H3,(H,30,31,32);2-3,8-10,15-16,19,21H,4-7,11-14H2,1H3,(H,25,27,28);1H4/i;1D3;. The molecule has 2 aliphatic carbocycles. The molecule has 0 unspecified atom stereocenters. The van der Waals surface area contributed by atoms with Crippen LogP contribution >= 0.6 is 0 Å². The van der Waals surface area contributed by atoms with E-state index in [4.69, 9.17) is 28.0 Å². The molecule has 5 fully saturated rings. The van der Waals surface area contributed by atoms with E-state index in [-0.39, 0.29) is 31.5 Å². The number of benzene rings is 2. The molecule has 16 nitrogen and oxygen atoms in total. The van der Waals surface area contributed by atoms with Gasteiger partial charge >= 0.3 is 0 Å². The van der Waals surface area contributed by atoms with E-state index in [2.05, 4.69) is 98.6 Å². The maximum Gasteiger partial charge on any atom is 0.227 e. The van der Waals surface area contributed by atoms with Crippen LogP contribution in [0.1, 0.15) is 68.7 Å². The lowest BCUT2D eigenvalue weighted by molar-refractivity contribution is 0.122. The maximum atomic E-state index is 7.51. The van der Waals surface area contributed by atoms with Crippen LogP contribution in [-0.2, 0) is 9.47 Å². The Morgan fingerprint density at radius 3 is 1.55 bits per heavy atom. The Labute approximate surface area is 411 Å². The fourth-order valence-electron chi connectivity index (χ4n) is 9.93. The largest absolute Gasteiger partial charge is 0.488 e. The van der Waals surface area contributed by atoms with Crippen molar-refractivity contribution in [3.05, 3.63) is 91.3 Å². The van der Waals surface area contributed by atoms with Crippen molar-refractivity contribution in [1.82, 2.24) is 34.8 Å². The van der Waals surface area contributed by atoms with E-state index in [0.29, 0.717) is 11.9 Å². The van der Waals surface area contributed by atoms with Crippen LogP contribution in [0.5, 0.6) is 11.5 Å². The van der Waals surface area contributed by atoms with Crippen molar-refractivity contribution < 1.29 is 23.1 Å². The van der Waals surface area contributed by atoms with Crippen molar-refractivity contribution in [2.75, 3.05) is 111 Å². The zero-order valence-corrected chi connectivity index (χ0v) is 39.1. The predicted molar refractivity (Wildman–Crippen MR) is 275 cm³/mol. The molecule has 7 heterocycles. The highest BCUT2D eigenvalue weighted by atomic mass is 16.5. The number of nitrogens with one attached hydrogen (secondary N) is 2. The fraction of sp³-hybridized carbons (Fsp3) is 0.509. The van der Waals surface area contributed by atoms with Crippen molar-refractivity contribution in [3.8, 4) is 11.5 Å². The van der Waals surface area contributed by atoms with Crippen molar-refractivity contribution in [1.29, 1.82) is 0 Å². The quantitative estimate of drug-likeness (QED) is 0.129. The van der Waals surface area contributed by atoms with E-state index in [1.165, 1.54) is 11.9 Å². The smallest absolute Gasteiger partial charge is 0.227 e. The Morgan fingerprint density at radius 2 is 1.04 bits per heavy atom. The zero-order chi connectivity index (χ0) is 48.6. The zero-order valence-electron chi connectivity index (χ0n) is 42.1. The van der Waals surface area contributed by atoms with Crippen LogP contribution in [0.2, 0.25) is 0 Å². The van der Waals surface area contributed by atoms with E-state index >= 15 is 0 Å². The summed E-state index contributed by atoms with van der Waals surface area (Å²) in [5, 5.41) is 9.23. The van der Waals surface area contributed by atoms with Crippen molar-refractivity contribution in [2.24, 2.45) is 0 Å². The van der Waals surface area contributed by atoms with Gasteiger partial charge in [0.25, 0.3) is 0 Å². The van der Waals surface area contributed by atoms with E-state index in [9.17, 15) is 0 Å². The Kier molecular flexibility index (Phi) is 14.7. The number of ether oxygens (including phenoxy) is 4. The highest BCUT2D eigenvalue weighted by Gasteiger charge is 2.27. The van der Waals surface area contributed by atoms with Crippen molar-refractivity contribution in [2.45, 2.75) is 89.9 Å². The van der Waals surface area contributed by atoms with Crippen LogP contribution in [-0.4, -0.2) is 145 Å². The highest BCUT2D eigenvalue weighted by Crippen LogP contribution is 2.36. The molecule has 2 N–H and O–H groups in total. The van der Waals surface area contributed by atoms with Gasteiger partial charge in [0.15, 0.2) is 0 Å². The van der Waals surface area contributed by atoms with Gasteiger partial charge in [-0.25, -0.2) is 15.0 Å². The first kappa shape index (κ1) is 44.1. The van der Waals surface area contributed by atoms with Crippen molar-refractivity contribution >= 4 is 50.8 Å². The summed E-state index contributed by atoms with van der Waals surface area (Å²) in [4.78, 5) is 36.0. The van der Waals surface area contributed by atoms with Crippen LogP contribution in [0, 0.1) is 6.85 Å². The number of aryl methyl sites for hydroxylation is 1. The molecule has 0 atom stereocenters. The normalized spacial score (nSPS) is 23.1. The molecule has 0 amide bonds. The molecule has 5 aliphatic rings. The SMILES string of the molecule is C.CN1CCN(c2nccc(NC3CCC(Oc4cc(N5CCOCC5)cc5cccnc45)CC3)n2)CC1.[2H]C([2H])([2H])c1nccc(NC2CCC(Oc3cc(N4CCOCC4)cc4cccnc34)CC2)n1. The topological polar surface area (TPSA) is 151 Å². The summed E-state index contributed by atoms with van der Waals surface area (Å²) < 4.78 is 46.7. The maximum absolute atomic E-state index is 7.51. The van der Waals surface area contributed by atoms with Gasteiger partial charge in [0.05, 0.1) is 38.6 Å². The van der Waals surface area contributed by atoms with E-state index in [1.54, 1.807) is 12.3 Å². The molecule has 6 aromatic rings. The minimum Gasteiger partial charge on any atom is -0.488 e. The number of anilines is 5. The predicted octanol–water partition coefficient (Wildman–Crippen LogP) is 8.02. The lowest BCUT2D eigenvalue weighted by Gasteiger charge is -2.33. The van der Waals surface area contributed by atoms with Crippen LogP contribution in [0.15, 0.2) is 85.5 Å². The number of nitrogens with zero attached hydrogens (tertiary/aromatic N) is 10. The van der Waals surface area contributed by atoms with Gasteiger partial charge in [-0.15, -0.1) is 0 Å². The summed E-state index contributed by atoms with van der Waals surface area (Å²) in [6.45, 7) is 8.27. The third kappa shape index (κ3) is 12.4. The molecule has 3 aliphatic heterocycles. The average Bonchev–Trinajstić information content (AvgIpc) is 3.40. The van der Waals surface area contributed by atoms with E-state index in [1.807, 2.05) is 30.6 Å². The molecule has 0 radical (unpaired) electrons. The summed E-state index contributed by atoms with van der Waals surface area (Å²) in [5.74, 6) is 3.89. The van der Waals surface area contributed by atoms with Gasteiger partial charge in [0.2, 0.25) is 5.95 Å². The molecule has 2 saturated carbocycles. The van der Waals surface area contributed by atoms with Gasteiger partial charge < -0.3 is 49.2 Å². The monoisotopic (exact) mass is 942 g/mol. The van der Waals surface area contributed by atoms with Gasteiger partial charge in [-0.2, -0.15) is 4.98 Å². The molecule has 11 rings (SSSR count). The minimum atomic E-state index is -2.31. The Balaban J connectivity index is 0.000000176. The second-order valence-electron chi connectivity index (χ2n) is 18.5. The second kappa shape index (κ2) is 23.0. The number of fused-ring (bicyclic) bond motifs is 2. The molecule has 0 bridgehead atoms. The third-order valence-corrected chi connectivity index (χ3v) is 13.8. The Hall–Kier alpha value is -6.10. The van der Waals surface area contributed by atoms with Crippen LogP contribution in [0.3, 0.4) is 0 Å². The summed E-state index contributed by atoms with van der Waals surface area (Å²) in [7, 11) is 2.16. The molecule has 4 aromatic heterocycles. The number of hydrogen-bond acceptors (Lipinski definition) is 16. The first-order valence-corrected chi connectivity index (χ1v) is 24.6. The fourth-order valence-corrected chi connectivity index (χ4v) is 9.93. The number of likely N-dealkylation sites (N-methyl/N-ethyl adjacent to an activating group) is 1. The number of morpholine rings is 2. The summed E-state index contributed by atoms with van der Waals surface area (Å²) in [6, 6.07) is 21.1. The van der Waals surface area contributed by atoms with Gasteiger partial charge in [-0.1, -0.05) is 19.6 Å². The molecule has 366 valence electrons.